The molecule has 29 heavy (non-hydrogen) atoms. The number of hydrogen-bond acceptors (Lipinski definition) is 2. The number of hydrogen-bond donors (Lipinski definition) is 0. The molecule has 0 spiro atoms. The molecule has 158 valence electrons. The van der Waals surface area contributed by atoms with Gasteiger partial charge in [-0.1, -0.05) is 50.3 Å². The second-order valence-corrected chi connectivity index (χ2v) is 9.11. The number of benzene rings is 1. The maximum Gasteiger partial charge on any atom is 0.329 e. The molecule has 2 fully saturated rings. The molecule has 1 saturated carbocycles. The van der Waals surface area contributed by atoms with Crippen LogP contribution in [0, 0.1) is 11.8 Å². The third kappa shape index (κ3) is 4.23. The van der Waals surface area contributed by atoms with Gasteiger partial charge in [-0.3, -0.25) is 9.13 Å². The molecule has 2 atom stereocenters. The van der Waals surface area contributed by atoms with Crippen molar-refractivity contribution in [1.29, 1.82) is 0 Å². The van der Waals surface area contributed by atoms with Crippen molar-refractivity contribution in [2.75, 3.05) is 19.6 Å². The predicted molar refractivity (Wildman–Crippen MR) is 121 cm³/mol. The molecule has 2 heterocycles. The Morgan fingerprint density at radius 1 is 1.03 bits per heavy atom. The first-order valence-electron chi connectivity index (χ1n) is 11.8. The van der Waals surface area contributed by atoms with Crippen molar-refractivity contribution in [2.45, 2.75) is 70.9 Å². The van der Waals surface area contributed by atoms with Crippen LogP contribution in [0.15, 0.2) is 41.7 Å². The van der Waals surface area contributed by atoms with E-state index in [1.165, 1.54) is 51.5 Å². The highest BCUT2D eigenvalue weighted by atomic mass is 16.1. The van der Waals surface area contributed by atoms with Crippen molar-refractivity contribution in [2.24, 2.45) is 11.8 Å². The Bertz CT molecular complexity index is 872. The molecular formula is C25H37N3O. The van der Waals surface area contributed by atoms with Crippen molar-refractivity contribution >= 4 is 11.0 Å². The molecular weight excluding hydrogens is 358 g/mol. The molecule has 0 bridgehead atoms. The molecule has 2 unspecified atom stereocenters. The van der Waals surface area contributed by atoms with E-state index >= 15 is 0 Å². The number of aromatic nitrogens is 2. The fourth-order valence-corrected chi connectivity index (χ4v) is 5.70. The van der Waals surface area contributed by atoms with Crippen LogP contribution in [-0.4, -0.2) is 33.7 Å². The standard InChI is InChI=1S/C25H37N3O/c1-3-21-19-26(18-20-12-8-6-5-7-9-13-20)17-16-22(21)28-24-15-11-10-14-23(24)27(4-2)25(28)29/h3,10-11,14-15,20-22H,1,4-9,12-13,16-19H2,2H3. The van der Waals surface area contributed by atoms with Gasteiger partial charge in [0.05, 0.1) is 11.0 Å². The number of imidazole rings is 1. The Hall–Kier alpha value is -1.81. The Labute approximate surface area is 175 Å². The number of nitrogens with zero attached hydrogens (tertiary/aromatic N) is 3. The number of piperidine rings is 1. The highest BCUT2D eigenvalue weighted by Crippen LogP contribution is 2.32. The van der Waals surface area contributed by atoms with E-state index in [0.717, 1.165) is 36.5 Å². The van der Waals surface area contributed by atoms with E-state index in [1.807, 2.05) is 16.7 Å². The maximum absolute atomic E-state index is 13.2. The smallest absolute Gasteiger partial charge is 0.302 e. The molecule has 0 amide bonds. The zero-order chi connectivity index (χ0) is 20.2. The third-order valence-electron chi connectivity index (χ3n) is 7.27. The summed E-state index contributed by atoms with van der Waals surface area (Å²) in [6.07, 6.45) is 13.0. The minimum Gasteiger partial charge on any atom is -0.302 e. The van der Waals surface area contributed by atoms with Gasteiger partial charge in [0, 0.05) is 38.1 Å². The van der Waals surface area contributed by atoms with Crippen LogP contribution >= 0.6 is 0 Å². The van der Waals surface area contributed by atoms with Crippen LogP contribution in [0.25, 0.3) is 11.0 Å². The summed E-state index contributed by atoms with van der Waals surface area (Å²) in [5.41, 5.74) is 2.27. The molecule has 1 aliphatic carbocycles. The number of aryl methyl sites for hydroxylation is 1. The Morgan fingerprint density at radius 2 is 1.72 bits per heavy atom. The Morgan fingerprint density at radius 3 is 2.41 bits per heavy atom. The minimum atomic E-state index is 0.138. The van der Waals surface area contributed by atoms with Crippen LogP contribution in [0.4, 0.5) is 0 Å². The van der Waals surface area contributed by atoms with E-state index < -0.39 is 0 Å². The summed E-state index contributed by atoms with van der Waals surface area (Å²) >= 11 is 0. The fraction of sp³-hybridized carbons (Fsp3) is 0.640. The van der Waals surface area contributed by atoms with Gasteiger partial charge in [0.2, 0.25) is 0 Å². The molecule has 0 N–H and O–H groups in total. The lowest BCUT2D eigenvalue weighted by atomic mass is 9.88. The summed E-state index contributed by atoms with van der Waals surface area (Å²) < 4.78 is 3.98. The zero-order valence-corrected chi connectivity index (χ0v) is 18.1. The number of fused-ring (bicyclic) bond motifs is 1. The summed E-state index contributed by atoms with van der Waals surface area (Å²) in [4.78, 5) is 15.9. The summed E-state index contributed by atoms with van der Waals surface area (Å²) in [6.45, 7) is 10.3. The lowest BCUT2D eigenvalue weighted by molar-refractivity contribution is 0.122. The molecule has 4 nitrogen and oxygen atoms in total. The second-order valence-electron chi connectivity index (χ2n) is 9.11. The summed E-state index contributed by atoms with van der Waals surface area (Å²) in [7, 11) is 0. The van der Waals surface area contributed by atoms with Gasteiger partial charge in [-0.15, -0.1) is 6.58 Å². The lowest BCUT2D eigenvalue weighted by Crippen LogP contribution is -2.44. The van der Waals surface area contributed by atoms with E-state index in [-0.39, 0.29) is 11.7 Å². The van der Waals surface area contributed by atoms with E-state index in [9.17, 15) is 4.79 Å². The van der Waals surface area contributed by atoms with Crippen LogP contribution in [0.1, 0.15) is 64.3 Å². The van der Waals surface area contributed by atoms with Gasteiger partial charge < -0.3 is 4.90 Å². The number of rotatable bonds is 5. The Kier molecular flexibility index (Phi) is 6.59. The fourth-order valence-electron chi connectivity index (χ4n) is 5.70. The molecule has 2 aliphatic rings. The predicted octanol–water partition coefficient (Wildman–Crippen LogP) is 5.23. The molecule has 1 saturated heterocycles. The first-order chi connectivity index (χ1) is 14.2. The van der Waals surface area contributed by atoms with Crippen LogP contribution in [0.5, 0.6) is 0 Å². The first-order valence-corrected chi connectivity index (χ1v) is 11.8. The van der Waals surface area contributed by atoms with E-state index in [1.54, 1.807) is 0 Å². The van der Waals surface area contributed by atoms with Crippen LogP contribution in [0.3, 0.4) is 0 Å². The van der Waals surface area contributed by atoms with Crippen molar-refractivity contribution in [3.8, 4) is 0 Å². The topological polar surface area (TPSA) is 30.2 Å². The van der Waals surface area contributed by atoms with Gasteiger partial charge in [-0.25, -0.2) is 4.79 Å². The number of likely N-dealkylation sites (tertiary alicyclic amines) is 1. The van der Waals surface area contributed by atoms with Crippen LogP contribution < -0.4 is 5.69 Å². The van der Waals surface area contributed by atoms with Gasteiger partial charge in [0.15, 0.2) is 0 Å². The average molecular weight is 396 g/mol. The highest BCUT2D eigenvalue weighted by molar-refractivity contribution is 5.76. The zero-order valence-electron chi connectivity index (χ0n) is 18.1. The van der Waals surface area contributed by atoms with E-state index in [2.05, 4.69) is 41.2 Å². The normalized spacial score (nSPS) is 25.0. The minimum absolute atomic E-state index is 0.138. The largest absolute Gasteiger partial charge is 0.329 e. The van der Waals surface area contributed by atoms with Gasteiger partial charge in [-0.05, 0) is 44.2 Å². The maximum atomic E-state index is 13.2. The molecule has 4 rings (SSSR count). The summed E-state index contributed by atoms with van der Waals surface area (Å²) in [6, 6.07) is 8.46. The van der Waals surface area contributed by atoms with Gasteiger partial charge in [0.1, 0.15) is 0 Å². The molecule has 1 aliphatic heterocycles. The van der Waals surface area contributed by atoms with Crippen molar-refractivity contribution in [1.82, 2.24) is 14.0 Å². The van der Waals surface area contributed by atoms with Gasteiger partial charge in [0.25, 0.3) is 0 Å². The van der Waals surface area contributed by atoms with Crippen molar-refractivity contribution in [3.05, 3.63) is 47.4 Å². The molecule has 4 heteroatoms. The van der Waals surface area contributed by atoms with Gasteiger partial charge >= 0.3 is 5.69 Å². The molecule has 0 radical (unpaired) electrons. The average Bonchev–Trinajstić information content (AvgIpc) is 3.00. The van der Waals surface area contributed by atoms with Crippen LogP contribution in [0.2, 0.25) is 0 Å². The lowest BCUT2D eigenvalue weighted by Gasteiger charge is -2.39. The molecule has 1 aromatic heterocycles. The van der Waals surface area contributed by atoms with Crippen molar-refractivity contribution in [3.63, 3.8) is 0 Å². The highest BCUT2D eigenvalue weighted by Gasteiger charge is 2.32. The Balaban J connectivity index is 1.53. The summed E-state index contributed by atoms with van der Waals surface area (Å²) in [5, 5.41) is 0. The van der Waals surface area contributed by atoms with E-state index in [0.29, 0.717) is 12.5 Å². The van der Waals surface area contributed by atoms with E-state index in [4.69, 9.17) is 0 Å². The quantitative estimate of drug-likeness (QED) is 0.649. The van der Waals surface area contributed by atoms with Crippen molar-refractivity contribution < 1.29 is 0 Å². The van der Waals surface area contributed by atoms with Crippen LogP contribution in [-0.2, 0) is 6.54 Å². The van der Waals surface area contributed by atoms with Gasteiger partial charge in [-0.2, -0.15) is 0 Å². The summed E-state index contributed by atoms with van der Waals surface area (Å²) in [5.74, 6) is 1.17. The SMILES string of the molecule is C=CC1CN(CC2CCCCCCC2)CCC1n1c(=O)n(CC)c2ccccc21. The number of para-hydroxylation sites is 2. The molecule has 2 aromatic rings. The molecule has 1 aromatic carbocycles. The second kappa shape index (κ2) is 9.34. The third-order valence-corrected chi connectivity index (χ3v) is 7.27. The first kappa shape index (κ1) is 20.5. The monoisotopic (exact) mass is 395 g/mol.